The fraction of sp³-hybridized carbons (Fsp3) is 0.316. The Kier molecular flexibility index (Phi) is 5.19. The zero-order chi connectivity index (χ0) is 17.7. The molecule has 2 aromatic rings. The van der Waals surface area contributed by atoms with Crippen LogP contribution in [-0.4, -0.2) is 24.4 Å². The summed E-state index contributed by atoms with van der Waals surface area (Å²) < 4.78 is 19.4. The molecule has 1 aliphatic carbocycles. The van der Waals surface area contributed by atoms with E-state index in [0.717, 1.165) is 18.4 Å². The van der Waals surface area contributed by atoms with Gasteiger partial charge in [-0.3, -0.25) is 0 Å². The summed E-state index contributed by atoms with van der Waals surface area (Å²) in [4.78, 5) is 12.3. The van der Waals surface area contributed by atoms with Crippen LogP contribution in [0.15, 0.2) is 48.5 Å². The first-order chi connectivity index (χ1) is 12.1. The number of hydrogen-bond acceptors (Lipinski definition) is 3. The zero-order valence-electron chi connectivity index (χ0n) is 13.8. The summed E-state index contributed by atoms with van der Waals surface area (Å²) in [6, 6.07) is 13.5. The molecule has 3 rings (SSSR count). The maximum absolute atomic E-state index is 14.0. The van der Waals surface area contributed by atoms with Gasteiger partial charge in [0.1, 0.15) is 18.2 Å². The Labute approximate surface area is 145 Å². The first kappa shape index (κ1) is 17.2. The lowest BCUT2D eigenvalue weighted by Gasteiger charge is -2.19. The molecule has 0 radical (unpaired) electrons. The average Bonchev–Trinajstić information content (AvgIpc) is 3.39. The second-order valence-electron chi connectivity index (χ2n) is 6.05. The molecule has 25 heavy (non-hydrogen) atoms. The van der Waals surface area contributed by atoms with Crippen molar-refractivity contribution < 1.29 is 19.0 Å². The molecule has 2 amide bonds. The van der Waals surface area contributed by atoms with E-state index in [2.05, 4.69) is 10.6 Å². The number of para-hydroxylation sites is 1. The number of urea groups is 1. The Morgan fingerprint density at radius 3 is 2.60 bits per heavy atom. The average molecular weight is 344 g/mol. The molecule has 5 nitrogen and oxygen atoms in total. The van der Waals surface area contributed by atoms with Gasteiger partial charge < -0.3 is 20.5 Å². The highest BCUT2D eigenvalue weighted by atomic mass is 19.1. The molecule has 1 aliphatic rings. The Bertz CT molecular complexity index is 747. The molecule has 0 aliphatic heterocycles. The smallest absolute Gasteiger partial charge is 0.315 e. The van der Waals surface area contributed by atoms with Gasteiger partial charge in [-0.05, 0) is 25.0 Å². The minimum Gasteiger partial charge on any atom is -0.491 e. The summed E-state index contributed by atoms with van der Waals surface area (Å²) in [7, 11) is 0. The van der Waals surface area contributed by atoms with Crippen molar-refractivity contribution in [2.75, 3.05) is 13.2 Å². The van der Waals surface area contributed by atoms with E-state index < -0.39 is 5.54 Å². The normalized spacial score (nSPS) is 14.6. The Balaban J connectivity index is 1.60. The summed E-state index contributed by atoms with van der Waals surface area (Å²) in [6.07, 6.45) is 1.44. The number of aliphatic hydroxyl groups excluding tert-OH is 1. The van der Waals surface area contributed by atoms with Gasteiger partial charge in [-0.15, -0.1) is 0 Å². The number of ether oxygens (including phenoxy) is 1. The van der Waals surface area contributed by atoms with Gasteiger partial charge in [0.05, 0.1) is 12.1 Å². The van der Waals surface area contributed by atoms with Crippen LogP contribution in [0.2, 0.25) is 0 Å². The number of rotatable bonds is 7. The predicted octanol–water partition coefficient (Wildman–Crippen LogP) is 2.69. The van der Waals surface area contributed by atoms with Crippen molar-refractivity contribution in [2.24, 2.45) is 0 Å². The maximum atomic E-state index is 14.0. The minimum atomic E-state index is -0.609. The highest BCUT2D eigenvalue weighted by molar-refractivity contribution is 5.75. The molecule has 2 aromatic carbocycles. The first-order valence-electron chi connectivity index (χ1n) is 8.27. The van der Waals surface area contributed by atoms with Crippen molar-refractivity contribution in [2.45, 2.75) is 24.9 Å². The number of aliphatic hydroxyl groups is 1. The highest BCUT2D eigenvalue weighted by Gasteiger charge is 2.47. The van der Waals surface area contributed by atoms with Crippen LogP contribution in [0.4, 0.5) is 9.18 Å². The van der Waals surface area contributed by atoms with E-state index in [-0.39, 0.29) is 31.6 Å². The Morgan fingerprint density at radius 1 is 1.16 bits per heavy atom. The molecule has 0 aromatic heterocycles. The SMILES string of the molecule is O=C(NCc1ccccc1OCCO)NC1(c2ccccc2F)CC1. The summed E-state index contributed by atoms with van der Waals surface area (Å²) in [6.45, 7) is 0.397. The fourth-order valence-electron chi connectivity index (χ4n) is 2.82. The topological polar surface area (TPSA) is 70.6 Å². The first-order valence-corrected chi connectivity index (χ1v) is 8.27. The van der Waals surface area contributed by atoms with E-state index in [1.165, 1.54) is 6.07 Å². The molecule has 1 fully saturated rings. The van der Waals surface area contributed by atoms with E-state index in [1.54, 1.807) is 24.3 Å². The Morgan fingerprint density at radius 2 is 1.88 bits per heavy atom. The molecular weight excluding hydrogens is 323 g/mol. The number of carbonyl (C=O) groups excluding carboxylic acids is 1. The minimum absolute atomic E-state index is 0.0760. The number of halogens is 1. The standard InChI is InChI=1S/C19H21FN2O3/c20-16-7-3-2-6-15(16)19(9-10-19)22-18(24)21-13-14-5-1-4-8-17(14)25-12-11-23/h1-8,23H,9-13H2,(H2,21,22,24). The van der Waals surface area contributed by atoms with E-state index in [9.17, 15) is 9.18 Å². The number of carbonyl (C=O) groups is 1. The van der Waals surface area contributed by atoms with Crippen LogP contribution in [-0.2, 0) is 12.1 Å². The van der Waals surface area contributed by atoms with Gasteiger partial charge in [0.2, 0.25) is 0 Å². The molecule has 0 unspecified atom stereocenters. The molecule has 1 saturated carbocycles. The maximum Gasteiger partial charge on any atom is 0.315 e. The van der Waals surface area contributed by atoms with Crippen LogP contribution in [0.25, 0.3) is 0 Å². The number of benzene rings is 2. The highest BCUT2D eigenvalue weighted by Crippen LogP contribution is 2.46. The van der Waals surface area contributed by atoms with Gasteiger partial charge in [0.15, 0.2) is 0 Å². The monoisotopic (exact) mass is 344 g/mol. The van der Waals surface area contributed by atoms with Crippen LogP contribution in [0.5, 0.6) is 5.75 Å². The van der Waals surface area contributed by atoms with Crippen molar-refractivity contribution >= 4 is 6.03 Å². The molecular formula is C19H21FN2O3. The molecule has 6 heteroatoms. The molecule has 0 bridgehead atoms. The van der Waals surface area contributed by atoms with E-state index >= 15 is 0 Å². The number of amides is 2. The van der Waals surface area contributed by atoms with Crippen molar-refractivity contribution in [3.05, 3.63) is 65.5 Å². The van der Waals surface area contributed by atoms with Crippen LogP contribution < -0.4 is 15.4 Å². The number of nitrogens with one attached hydrogen (secondary N) is 2. The zero-order valence-corrected chi connectivity index (χ0v) is 13.8. The summed E-state index contributed by atoms with van der Waals surface area (Å²) in [5.41, 5.74) is 0.723. The van der Waals surface area contributed by atoms with Gasteiger partial charge >= 0.3 is 6.03 Å². The molecule has 0 atom stereocenters. The van der Waals surface area contributed by atoms with Gasteiger partial charge in [-0.1, -0.05) is 36.4 Å². The van der Waals surface area contributed by atoms with Crippen LogP contribution >= 0.6 is 0 Å². The lowest BCUT2D eigenvalue weighted by molar-refractivity contribution is 0.200. The van der Waals surface area contributed by atoms with Crippen LogP contribution in [0.3, 0.4) is 0 Å². The van der Waals surface area contributed by atoms with E-state index in [4.69, 9.17) is 9.84 Å². The van der Waals surface area contributed by atoms with E-state index in [0.29, 0.717) is 11.3 Å². The lowest BCUT2D eigenvalue weighted by Crippen LogP contribution is -2.42. The molecule has 0 spiro atoms. The molecule has 0 heterocycles. The third-order valence-electron chi connectivity index (χ3n) is 4.25. The third-order valence-corrected chi connectivity index (χ3v) is 4.25. The molecule has 132 valence electrons. The van der Waals surface area contributed by atoms with Gasteiger partial charge in [0.25, 0.3) is 0 Å². The van der Waals surface area contributed by atoms with Crippen molar-refractivity contribution in [3.63, 3.8) is 0 Å². The largest absolute Gasteiger partial charge is 0.491 e. The summed E-state index contributed by atoms with van der Waals surface area (Å²) in [5, 5.41) is 14.5. The third kappa shape index (κ3) is 4.09. The van der Waals surface area contributed by atoms with Gasteiger partial charge in [-0.25, -0.2) is 9.18 Å². The summed E-state index contributed by atoms with van der Waals surface area (Å²) >= 11 is 0. The second-order valence-corrected chi connectivity index (χ2v) is 6.05. The van der Waals surface area contributed by atoms with Crippen molar-refractivity contribution in [1.29, 1.82) is 0 Å². The predicted molar refractivity (Wildman–Crippen MR) is 91.7 cm³/mol. The van der Waals surface area contributed by atoms with Gasteiger partial charge in [-0.2, -0.15) is 0 Å². The number of hydrogen-bond donors (Lipinski definition) is 3. The molecule has 0 saturated heterocycles. The molecule has 3 N–H and O–H groups in total. The van der Waals surface area contributed by atoms with Crippen LogP contribution in [0, 0.1) is 5.82 Å². The van der Waals surface area contributed by atoms with Crippen molar-refractivity contribution in [1.82, 2.24) is 10.6 Å². The van der Waals surface area contributed by atoms with Crippen molar-refractivity contribution in [3.8, 4) is 5.75 Å². The quantitative estimate of drug-likeness (QED) is 0.723. The van der Waals surface area contributed by atoms with Crippen LogP contribution in [0.1, 0.15) is 24.0 Å². The van der Waals surface area contributed by atoms with E-state index in [1.807, 2.05) is 18.2 Å². The lowest BCUT2D eigenvalue weighted by atomic mass is 10.0. The summed E-state index contributed by atoms with van der Waals surface area (Å²) in [5.74, 6) is 0.315. The second kappa shape index (κ2) is 7.53. The Hall–Kier alpha value is -2.60. The fourth-order valence-corrected chi connectivity index (χ4v) is 2.82. The van der Waals surface area contributed by atoms with Gasteiger partial charge in [0, 0.05) is 17.7 Å².